The molecule has 1 fully saturated rings. The zero-order valence-corrected chi connectivity index (χ0v) is 16.2. The second-order valence-electron chi connectivity index (χ2n) is 7.49. The van der Waals surface area contributed by atoms with Gasteiger partial charge in [0.05, 0.1) is 5.92 Å². The molecule has 0 saturated carbocycles. The predicted octanol–water partition coefficient (Wildman–Crippen LogP) is 2.40. The van der Waals surface area contributed by atoms with Crippen molar-refractivity contribution in [3.63, 3.8) is 0 Å². The first kappa shape index (κ1) is 19.1. The number of amides is 3. The minimum atomic E-state index is -0.446. The Labute approximate surface area is 168 Å². The highest BCUT2D eigenvalue weighted by atomic mass is 19.1. The van der Waals surface area contributed by atoms with Crippen LogP contribution in [0.15, 0.2) is 42.5 Å². The molecule has 4 rings (SSSR count). The zero-order chi connectivity index (χ0) is 20.5. The van der Waals surface area contributed by atoms with Crippen molar-refractivity contribution < 1.29 is 18.8 Å². The molecule has 7 heteroatoms. The predicted molar refractivity (Wildman–Crippen MR) is 107 cm³/mol. The van der Waals surface area contributed by atoms with Crippen LogP contribution in [0.4, 0.5) is 15.8 Å². The molecule has 0 aliphatic carbocycles. The fraction of sp³-hybridized carbons (Fsp3) is 0.318. The largest absolute Gasteiger partial charge is 0.352 e. The van der Waals surface area contributed by atoms with Gasteiger partial charge in [-0.1, -0.05) is 12.1 Å². The van der Waals surface area contributed by atoms with Crippen molar-refractivity contribution in [3.05, 3.63) is 59.4 Å². The molecule has 0 unspecified atom stereocenters. The minimum absolute atomic E-state index is 0.00350. The number of benzene rings is 2. The van der Waals surface area contributed by atoms with Crippen molar-refractivity contribution in [2.24, 2.45) is 5.92 Å². The fourth-order valence-electron chi connectivity index (χ4n) is 4.00. The van der Waals surface area contributed by atoms with E-state index in [1.165, 1.54) is 12.1 Å². The summed E-state index contributed by atoms with van der Waals surface area (Å²) in [5, 5.41) is 2.79. The number of hydrogen-bond donors (Lipinski definition) is 1. The van der Waals surface area contributed by atoms with Crippen molar-refractivity contribution in [3.8, 4) is 0 Å². The molecule has 150 valence electrons. The van der Waals surface area contributed by atoms with Crippen LogP contribution in [0.1, 0.15) is 24.5 Å². The lowest BCUT2D eigenvalue weighted by molar-refractivity contribution is -0.126. The maximum absolute atomic E-state index is 13.3. The van der Waals surface area contributed by atoms with Gasteiger partial charge in [-0.2, -0.15) is 0 Å². The second-order valence-corrected chi connectivity index (χ2v) is 7.49. The quantitative estimate of drug-likeness (QED) is 0.864. The van der Waals surface area contributed by atoms with Crippen LogP contribution in [0.5, 0.6) is 0 Å². The van der Waals surface area contributed by atoms with E-state index in [1.54, 1.807) is 28.9 Å². The monoisotopic (exact) mass is 395 g/mol. The van der Waals surface area contributed by atoms with Crippen LogP contribution >= 0.6 is 0 Å². The molecule has 6 nitrogen and oxygen atoms in total. The molecule has 1 atom stereocenters. The number of halogens is 1. The van der Waals surface area contributed by atoms with Gasteiger partial charge in [-0.05, 0) is 47.9 Å². The fourth-order valence-corrected chi connectivity index (χ4v) is 4.00. The Bertz CT molecular complexity index is 991. The normalized spacial score (nSPS) is 18.1. The van der Waals surface area contributed by atoms with Crippen LogP contribution in [0, 0.1) is 11.7 Å². The highest BCUT2D eigenvalue weighted by molar-refractivity contribution is 6.01. The van der Waals surface area contributed by atoms with Crippen LogP contribution in [0.3, 0.4) is 0 Å². The van der Waals surface area contributed by atoms with Gasteiger partial charge in [-0.3, -0.25) is 14.4 Å². The van der Waals surface area contributed by atoms with Gasteiger partial charge in [0, 0.05) is 44.4 Å². The molecule has 0 radical (unpaired) electrons. The number of hydrogen-bond acceptors (Lipinski definition) is 3. The number of nitrogens with one attached hydrogen (secondary N) is 1. The van der Waals surface area contributed by atoms with Crippen molar-refractivity contribution in [1.29, 1.82) is 0 Å². The summed E-state index contributed by atoms with van der Waals surface area (Å²) in [5.74, 6) is -1.10. The molecule has 2 aliphatic heterocycles. The van der Waals surface area contributed by atoms with Gasteiger partial charge in [0.25, 0.3) is 0 Å². The molecule has 2 aromatic rings. The summed E-state index contributed by atoms with van der Waals surface area (Å²) >= 11 is 0. The molecule has 2 aliphatic rings. The van der Waals surface area contributed by atoms with Crippen molar-refractivity contribution in [2.45, 2.75) is 26.3 Å². The number of anilines is 2. The molecule has 1 saturated heterocycles. The number of rotatable bonds is 4. The van der Waals surface area contributed by atoms with Crippen molar-refractivity contribution in [1.82, 2.24) is 5.32 Å². The van der Waals surface area contributed by atoms with Gasteiger partial charge in [0.15, 0.2) is 0 Å². The average molecular weight is 395 g/mol. The van der Waals surface area contributed by atoms with Crippen LogP contribution in [-0.4, -0.2) is 30.8 Å². The minimum Gasteiger partial charge on any atom is -0.352 e. The van der Waals surface area contributed by atoms with Gasteiger partial charge in [0.1, 0.15) is 5.82 Å². The third-order valence-corrected chi connectivity index (χ3v) is 5.50. The Morgan fingerprint density at radius 3 is 2.79 bits per heavy atom. The molecular weight excluding hydrogens is 373 g/mol. The van der Waals surface area contributed by atoms with E-state index >= 15 is 0 Å². The number of carbonyl (C=O) groups excluding carboxylic acids is 3. The third kappa shape index (κ3) is 3.85. The second kappa shape index (κ2) is 7.66. The van der Waals surface area contributed by atoms with Crippen LogP contribution in [0.25, 0.3) is 0 Å². The van der Waals surface area contributed by atoms with Gasteiger partial charge < -0.3 is 15.1 Å². The van der Waals surface area contributed by atoms with E-state index in [4.69, 9.17) is 0 Å². The summed E-state index contributed by atoms with van der Waals surface area (Å²) in [6.45, 7) is 2.72. The Hall–Kier alpha value is -3.22. The molecule has 2 aromatic carbocycles. The van der Waals surface area contributed by atoms with E-state index in [-0.39, 0.29) is 36.5 Å². The summed E-state index contributed by atoms with van der Waals surface area (Å²) in [7, 11) is 0. The highest BCUT2D eigenvalue weighted by Crippen LogP contribution is 2.34. The first-order valence-electron chi connectivity index (χ1n) is 9.66. The third-order valence-electron chi connectivity index (χ3n) is 5.50. The molecule has 2 heterocycles. The van der Waals surface area contributed by atoms with Gasteiger partial charge >= 0.3 is 0 Å². The smallest absolute Gasteiger partial charge is 0.227 e. The van der Waals surface area contributed by atoms with Gasteiger partial charge in [-0.25, -0.2) is 4.39 Å². The molecule has 0 bridgehead atoms. The van der Waals surface area contributed by atoms with E-state index in [0.29, 0.717) is 18.7 Å². The Morgan fingerprint density at radius 2 is 2.03 bits per heavy atom. The molecular formula is C22H22FN3O3. The van der Waals surface area contributed by atoms with E-state index in [2.05, 4.69) is 5.32 Å². The molecule has 1 N–H and O–H groups in total. The summed E-state index contributed by atoms with van der Waals surface area (Å²) in [6.07, 6.45) is 0.897. The van der Waals surface area contributed by atoms with Crippen LogP contribution in [0.2, 0.25) is 0 Å². The topological polar surface area (TPSA) is 69.7 Å². The Kier molecular flexibility index (Phi) is 5.05. The summed E-state index contributed by atoms with van der Waals surface area (Å²) in [6, 6.07) is 11.7. The SMILES string of the molecule is CC(=O)N1CCc2cc(N3C[C@@H](C(=O)NCc4cccc(F)c4)CC3=O)ccc21. The number of carbonyl (C=O) groups is 3. The maximum Gasteiger partial charge on any atom is 0.227 e. The number of fused-ring (bicyclic) bond motifs is 1. The average Bonchev–Trinajstić information content (AvgIpc) is 3.29. The van der Waals surface area contributed by atoms with E-state index in [9.17, 15) is 18.8 Å². The van der Waals surface area contributed by atoms with Crippen molar-refractivity contribution >= 4 is 29.1 Å². The lowest BCUT2D eigenvalue weighted by Gasteiger charge is -2.19. The van der Waals surface area contributed by atoms with Gasteiger partial charge in [-0.15, -0.1) is 0 Å². The summed E-state index contributed by atoms with van der Waals surface area (Å²) in [5.41, 5.74) is 3.34. The van der Waals surface area contributed by atoms with E-state index in [1.807, 2.05) is 18.2 Å². The highest BCUT2D eigenvalue weighted by Gasteiger charge is 2.35. The summed E-state index contributed by atoms with van der Waals surface area (Å²) in [4.78, 5) is 40.1. The lowest BCUT2D eigenvalue weighted by Crippen LogP contribution is -2.32. The Morgan fingerprint density at radius 1 is 1.21 bits per heavy atom. The standard InChI is InChI=1S/C22H22FN3O3/c1-14(27)25-8-7-16-10-19(5-6-20(16)25)26-13-17(11-21(26)28)22(29)24-12-15-3-2-4-18(23)9-15/h2-6,9-10,17H,7-8,11-13H2,1H3,(H,24,29)/t17-/m0/s1. The lowest BCUT2D eigenvalue weighted by atomic mass is 10.1. The van der Waals surface area contributed by atoms with Gasteiger partial charge in [0.2, 0.25) is 17.7 Å². The van der Waals surface area contributed by atoms with Crippen LogP contribution in [-0.2, 0) is 27.3 Å². The molecule has 0 spiro atoms. The van der Waals surface area contributed by atoms with Crippen LogP contribution < -0.4 is 15.1 Å². The first-order chi connectivity index (χ1) is 13.9. The zero-order valence-electron chi connectivity index (χ0n) is 16.2. The first-order valence-corrected chi connectivity index (χ1v) is 9.66. The maximum atomic E-state index is 13.3. The summed E-state index contributed by atoms with van der Waals surface area (Å²) < 4.78 is 13.3. The van der Waals surface area contributed by atoms with Crippen molar-refractivity contribution in [2.75, 3.05) is 22.9 Å². The molecule has 3 amide bonds. The Balaban J connectivity index is 1.42. The van der Waals surface area contributed by atoms with E-state index in [0.717, 1.165) is 23.4 Å². The molecule has 0 aromatic heterocycles. The number of nitrogens with zero attached hydrogens (tertiary/aromatic N) is 2. The van der Waals surface area contributed by atoms with E-state index < -0.39 is 5.92 Å². The molecule has 29 heavy (non-hydrogen) atoms.